The Morgan fingerprint density at radius 3 is 2.37 bits per heavy atom. The van der Waals surface area contributed by atoms with Crippen LogP contribution in [0.15, 0.2) is 66.7 Å². The Morgan fingerprint density at radius 1 is 0.943 bits per heavy atom. The van der Waals surface area contributed by atoms with E-state index in [4.69, 9.17) is 9.16 Å². The Morgan fingerprint density at radius 2 is 1.63 bits per heavy atom. The summed E-state index contributed by atoms with van der Waals surface area (Å²) in [5.41, 5.74) is 4.08. The predicted molar refractivity (Wildman–Crippen MR) is 140 cm³/mol. The molecular formula is C28H29Cl2O2Si2Zr. The van der Waals surface area contributed by atoms with Crippen LogP contribution >= 0.6 is 0 Å². The maximum Gasteiger partial charge on any atom is 3.00 e. The second-order valence-corrected chi connectivity index (χ2v) is 19.4. The molecule has 4 aromatic carbocycles. The van der Waals surface area contributed by atoms with E-state index in [9.17, 15) is 0 Å². The van der Waals surface area contributed by atoms with E-state index in [0.29, 0.717) is 6.79 Å². The molecule has 1 aliphatic heterocycles. The van der Waals surface area contributed by atoms with Crippen LogP contribution in [0.1, 0.15) is 22.6 Å². The first kappa shape index (κ1) is 28.5. The topological polar surface area (TPSA) is 18.5 Å². The number of halogens is 2. The molecule has 7 heteroatoms. The van der Waals surface area contributed by atoms with Gasteiger partial charge in [0.05, 0.1) is 0 Å². The minimum Gasteiger partial charge on any atom is -1.00 e. The maximum atomic E-state index is 6.22. The van der Waals surface area contributed by atoms with Crippen LogP contribution in [0.2, 0.25) is 32.7 Å². The van der Waals surface area contributed by atoms with Crippen molar-refractivity contribution < 1.29 is 60.2 Å². The average molecular weight is 616 g/mol. The second-order valence-electron chi connectivity index (χ2n) is 10.6. The van der Waals surface area contributed by atoms with E-state index in [-0.39, 0.29) is 56.9 Å². The van der Waals surface area contributed by atoms with Gasteiger partial charge in [-0.15, -0.1) is 33.7 Å². The van der Waals surface area contributed by atoms with Gasteiger partial charge in [-0.05, 0) is 31.3 Å². The molecule has 0 spiro atoms. The van der Waals surface area contributed by atoms with E-state index in [1.807, 2.05) is 0 Å². The molecule has 0 N–H and O–H groups in total. The number of rotatable bonds is 5. The molecule has 35 heavy (non-hydrogen) atoms. The summed E-state index contributed by atoms with van der Waals surface area (Å²) in [6, 6.07) is 22.4. The van der Waals surface area contributed by atoms with E-state index in [1.165, 1.54) is 38.2 Å². The average Bonchev–Trinajstić information content (AvgIpc) is 3.06. The molecule has 0 saturated heterocycles. The molecule has 2 aliphatic rings. The summed E-state index contributed by atoms with van der Waals surface area (Å²) in [5.74, 6) is 1.20. The molecule has 1 unspecified atom stereocenters. The third-order valence-corrected chi connectivity index (χ3v) is 11.4. The van der Waals surface area contributed by atoms with E-state index in [0.717, 1.165) is 5.76 Å². The fourth-order valence-electron chi connectivity index (χ4n) is 5.42. The standard InChI is InChI=1S/C28H29O2Si2.2ClH.Zr/c1-31(2,3)30-17-29-25-15-24(20-12-8-9-13-21(20)25)27-23-14-18-10-6-7-11-19(18)22(23)16-26-28(27)32(26,4)5;;;/h6-16,24H,17H2,1-5H3;2*1H;/q-1;;;+3/p-2. The van der Waals surface area contributed by atoms with Gasteiger partial charge in [-0.3, -0.25) is 0 Å². The van der Waals surface area contributed by atoms with Gasteiger partial charge in [-0.25, -0.2) is 0 Å². The van der Waals surface area contributed by atoms with Crippen LogP contribution in [-0.4, -0.2) is 23.2 Å². The molecule has 2 nitrogen and oxygen atoms in total. The second kappa shape index (κ2) is 10.0. The minimum absolute atomic E-state index is 0. The number of ether oxygens (including phenoxy) is 1. The summed E-state index contributed by atoms with van der Waals surface area (Å²) in [4.78, 5) is 0. The normalized spacial score (nSPS) is 16.9. The zero-order chi connectivity index (χ0) is 22.3. The van der Waals surface area contributed by atoms with Crippen molar-refractivity contribution in [3.05, 3.63) is 83.4 Å². The van der Waals surface area contributed by atoms with E-state index < -0.39 is 16.4 Å². The Balaban J connectivity index is 0.00000114. The fourth-order valence-corrected chi connectivity index (χ4v) is 9.25. The number of allylic oxidation sites excluding steroid dienone is 1. The van der Waals surface area contributed by atoms with Gasteiger partial charge in [-0.2, -0.15) is 0 Å². The fraction of sp³-hybridized carbons (Fsp3) is 0.250. The molecule has 179 valence electrons. The Labute approximate surface area is 241 Å². The van der Waals surface area contributed by atoms with E-state index >= 15 is 0 Å². The molecule has 6 rings (SSSR count). The number of benzene rings is 3. The molecule has 0 aromatic heterocycles. The Kier molecular flexibility index (Phi) is 8.14. The van der Waals surface area contributed by atoms with Crippen LogP contribution in [0.5, 0.6) is 0 Å². The summed E-state index contributed by atoms with van der Waals surface area (Å²) >= 11 is 0. The van der Waals surface area contributed by atoms with Crippen LogP contribution < -0.4 is 35.2 Å². The van der Waals surface area contributed by atoms with Crippen molar-refractivity contribution in [2.45, 2.75) is 38.7 Å². The third-order valence-electron chi connectivity index (χ3n) is 7.09. The van der Waals surface area contributed by atoms with Crippen LogP contribution in [0.3, 0.4) is 0 Å². The predicted octanol–water partition coefficient (Wildman–Crippen LogP) is 0.165. The van der Waals surface area contributed by atoms with Crippen molar-refractivity contribution >= 4 is 54.1 Å². The first-order valence-electron chi connectivity index (χ1n) is 11.5. The van der Waals surface area contributed by atoms with E-state index in [1.54, 1.807) is 10.4 Å². The molecule has 1 heterocycles. The first-order valence-corrected chi connectivity index (χ1v) is 17.9. The molecule has 0 amide bonds. The Hall–Kier alpha value is -1.07. The van der Waals surface area contributed by atoms with Crippen molar-refractivity contribution in [2.75, 3.05) is 6.79 Å². The van der Waals surface area contributed by atoms with Crippen molar-refractivity contribution in [3.63, 3.8) is 0 Å². The summed E-state index contributed by atoms with van der Waals surface area (Å²) in [5, 5.41) is 8.81. The SMILES string of the molecule is C[Si](C)(C)OCOC1=CC(c2c3c(cc4c2[cH-]c2ccccc24)[Si]3(C)C)c2ccccc21.[Cl-].[Cl-].[Zr+3]. The van der Waals surface area contributed by atoms with Gasteiger partial charge < -0.3 is 34.0 Å². The molecule has 1 atom stereocenters. The van der Waals surface area contributed by atoms with Crippen LogP contribution in [0.4, 0.5) is 0 Å². The third kappa shape index (κ3) is 4.69. The molecule has 0 fully saturated rings. The van der Waals surface area contributed by atoms with Gasteiger partial charge in [-0.1, -0.05) is 77.6 Å². The van der Waals surface area contributed by atoms with Gasteiger partial charge >= 0.3 is 26.2 Å². The maximum absolute atomic E-state index is 6.22. The molecular weight excluding hydrogens is 587 g/mol. The first-order chi connectivity index (χ1) is 15.3. The summed E-state index contributed by atoms with van der Waals surface area (Å²) in [7, 11) is -3.10. The van der Waals surface area contributed by atoms with Crippen molar-refractivity contribution in [1.29, 1.82) is 0 Å². The van der Waals surface area contributed by atoms with Crippen molar-refractivity contribution in [3.8, 4) is 0 Å². The van der Waals surface area contributed by atoms with Gasteiger partial charge in [0.1, 0.15) is 13.8 Å². The largest absolute Gasteiger partial charge is 3.00 e. The number of hydrogen-bond donors (Lipinski definition) is 0. The van der Waals surface area contributed by atoms with Gasteiger partial charge in [0.2, 0.25) is 0 Å². The van der Waals surface area contributed by atoms with Crippen LogP contribution in [0.25, 0.3) is 27.3 Å². The molecule has 0 saturated carbocycles. The minimum atomic E-state index is -1.62. The van der Waals surface area contributed by atoms with Crippen LogP contribution in [0, 0.1) is 0 Å². The Bertz CT molecular complexity index is 1440. The number of fused-ring (bicyclic) bond motifs is 5. The van der Waals surface area contributed by atoms with Crippen molar-refractivity contribution in [1.82, 2.24) is 0 Å². The smallest absolute Gasteiger partial charge is 1.00 e. The molecule has 1 aliphatic carbocycles. The van der Waals surface area contributed by atoms with Gasteiger partial charge in [0, 0.05) is 11.5 Å². The molecule has 4 aromatic rings. The zero-order valence-corrected chi connectivity index (χ0v) is 26.7. The van der Waals surface area contributed by atoms with Gasteiger partial charge in [0.25, 0.3) is 0 Å². The monoisotopic (exact) mass is 613 g/mol. The zero-order valence-electron chi connectivity index (χ0n) is 20.7. The van der Waals surface area contributed by atoms with Gasteiger partial charge in [0.15, 0.2) is 15.1 Å². The molecule has 0 bridgehead atoms. The number of hydrogen-bond acceptors (Lipinski definition) is 2. The van der Waals surface area contributed by atoms with Crippen LogP contribution in [-0.2, 0) is 35.4 Å². The summed E-state index contributed by atoms with van der Waals surface area (Å²) in [6.07, 6.45) is 2.34. The molecule has 1 radical (unpaired) electrons. The summed E-state index contributed by atoms with van der Waals surface area (Å²) in [6.45, 7) is 11.9. The van der Waals surface area contributed by atoms with E-state index in [2.05, 4.69) is 99.5 Å². The summed E-state index contributed by atoms with van der Waals surface area (Å²) < 4.78 is 12.2. The van der Waals surface area contributed by atoms with Crippen molar-refractivity contribution in [2.24, 2.45) is 0 Å². The quantitative estimate of drug-likeness (QED) is 0.181.